The van der Waals surface area contributed by atoms with Crippen LogP contribution in [0, 0.1) is 0 Å². The van der Waals surface area contributed by atoms with Crippen molar-refractivity contribution in [2.75, 3.05) is 7.11 Å². The molecule has 0 saturated carbocycles. The highest BCUT2D eigenvalue weighted by Crippen LogP contribution is 2.12. The fourth-order valence-electron chi connectivity index (χ4n) is 0.582. The van der Waals surface area contributed by atoms with Gasteiger partial charge in [0.05, 0.1) is 7.11 Å². The average molecular weight is 174 g/mol. The monoisotopic (exact) mass is 174 g/mol. The average Bonchev–Trinajstić information content (AvgIpc) is 1.90. The molecule has 56 valence electrons. The largest absolute Gasteiger partial charge is 0.497 e. The zero-order chi connectivity index (χ0) is 6.69. The Bertz CT molecular complexity index is 183. The van der Waals surface area contributed by atoms with Gasteiger partial charge in [-0.1, -0.05) is 0 Å². The summed E-state index contributed by atoms with van der Waals surface area (Å²) in [5.74, 6) is 0.868. The van der Waals surface area contributed by atoms with Crippen LogP contribution in [0.4, 0.5) is 0 Å². The SMILES string of the molecule is COc1ccc(S)cc1.S. The van der Waals surface area contributed by atoms with Gasteiger partial charge in [-0.25, -0.2) is 0 Å². The summed E-state index contributed by atoms with van der Waals surface area (Å²) < 4.78 is 4.94. The quantitative estimate of drug-likeness (QED) is 0.641. The van der Waals surface area contributed by atoms with E-state index < -0.39 is 0 Å². The molecule has 0 amide bonds. The molecule has 0 unspecified atom stereocenters. The molecule has 1 aromatic rings. The topological polar surface area (TPSA) is 9.23 Å². The first kappa shape index (κ1) is 9.72. The van der Waals surface area contributed by atoms with Gasteiger partial charge < -0.3 is 4.74 Å². The minimum absolute atomic E-state index is 0. The predicted molar refractivity (Wildman–Crippen MR) is 50.6 cm³/mol. The van der Waals surface area contributed by atoms with Crippen LogP contribution in [0.1, 0.15) is 0 Å². The van der Waals surface area contributed by atoms with E-state index in [1.165, 1.54) is 0 Å². The molecule has 0 atom stereocenters. The Kier molecular flexibility index (Phi) is 4.40. The molecule has 1 rings (SSSR count). The van der Waals surface area contributed by atoms with Crippen molar-refractivity contribution >= 4 is 26.1 Å². The molecule has 0 aromatic heterocycles. The van der Waals surface area contributed by atoms with Crippen LogP contribution in [0.5, 0.6) is 5.75 Å². The molecule has 10 heavy (non-hydrogen) atoms. The molecule has 0 heterocycles. The van der Waals surface area contributed by atoms with Crippen LogP contribution < -0.4 is 4.74 Å². The van der Waals surface area contributed by atoms with Gasteiger partial charge >= 0.3 is 0 Å². The van der Waals surface area contributed by atoms with Crippen molar-refractivity contribution < 1.29 is 4.74 Å². The second-order valence-electron chi connectivity index (χ2n) is 1.70. The summed E-state index contributed by atoms with van der Waals surface area (Å²) in [5, 5.41) is 0. The van der Waals surface area contributed by atoms with Gasteiger partial charge in [-0.05, 0) is 24.3 Å². The summed E-state index contributed by atoms with van der Waals surface area (Å²) in [6.07, 6.45) is 0. The van der Waals surface area contributed by atoms with E-state index in [4.69, 9.17) is 4.74 Å². The molecule has 1 nitrogen and oxygen atoms in total. The van der Waals surface area contributed by atoms with Crippen molar-refractivity contribution in [1.29, 1.82) is 0 Å². The fraction of sp³-hybridized carbons (Fsp3) is 0.143. The van der Waals surface area contributed by atoms with E-state index in [0.29, 0.717) is 0 Å². The zero-order valence-corrected chi connectivity index (χ0v) is 7.56. The number of ether oxygens (including phenoxy) is 1. The Morgan fingerprint density at radius 1 is 1.20 bits per heavy atom. The van der Waals surface area contributed by atoms with Gasteiger partial charge in [-0.3, -0.25) is 0 Å². The normalized spacial score (nSPS) is 8.20. The van der Waals surface area contributed by atoms with E-state index in [0.717, 1.165) is 10.6 Å². The van der Waals surface area contributed by atoms with Gasteiger partial charge in [0.25, 0.3) is 0 Å². The molecular weight excluding hydrogens is 164 g/mol. The van der Waals surface area contributed by atoms with E-state index in [2.05, 4.69) is 12.6 Å². The van der Waals surface area contributed by atoms with Crippen LogP contribution in [0.15, 0.2) is 29.2 Å². The van der Waals surface area contributed by atoms with Gasteiger partial charge in [0.2, 0.25) is 0 Å². The van der Waals surface area contributed by atoms with Crippen molar-refractivity contribution in [2.24, 2.45) is 0 Å². The van der Waals surface area contributed by atoms with Crippen molar-refractivity contribution in [3.63, 3.8) is 0 Å². The first-order valence-corrected chi connectivity index (χ1v) is 3.10. The van der Waals surface area contributed by atoms with Crippen molar-refractivity contribution in [3.8, 4) is 5.75 Å². The number of hydrogen-bond acceptors (Lipinski definition) is 2. The highest BCUT2D eigenvalue weighted by molar-refractivity contribution is 7.80. The van der Waals surface area contributed by atoms with Crippen molar-refractivity contribution in [1.82, 2.24) is 0 Å². The highest BCUT2D eigenvalue weighted by Gasteiger charge is 1.86. The maximum Gasteiger partial charge on any atom is 0.118 e. The summed E-state index contributed by atoms with van der Waals surface area (Å²) >= 11 is 4.11. The molecule has 0 aliphatic heterocycles. The lowest BCUT2D eigenvalue weighted by atomic mass is 10.3. The Morgan fingerprint density at radius 3 is 2.10 bits per heavy atom. The van der Waals surface area contributed by atoms with E-state index in [1.54, 1.807) is 7.11 Å². The van der Waals surface area contributed by atoms with Crippen LogP contribution in [0.2, 0.25) is 0 Å². The Balaban J connectivity index is 0.000000810. The molecule has 1 aromatic carbocycles. The zero-order valence-electron chi connectivity index (χ0n) is 5.66. The van der Waals surface area contributed by atoms with Crippen LogP contribution in [-0.2, 0) is 0 Å². The standard InChI is InChI=1S/C7H8OS.H2S/c1-8-6-2-4-7(9)5-3-6;/h2-5,9H,1H3;1H2. The number of hydrogen-bond donors (Lipinski definition) is 1. The Labute approximate surface area is 73.3 Å². The third-order valence-electron chi connectivity index (χ3n) is 1.07. The number of benzene rings is 1. The number of rotatable bonds is 1. The molecule has 0 aliphatic rings. The minimum atomic E-state index is 0. The molecule has 0 saturated heterocycles. The van der Waals surface area contributed by atoms with Crippen molar-refractivity contribution in [3.05, 3.63) is 24.3 Å². The summed E-state index contributed by atoms with van der Waals surface area (Å²) in [4.78, 5) is 0.954. The second kappa shape index (κ2) is 4.52. The highest BCUT2D eigenvalue weighted by atomic mass is 32.1. The molecule has 0 spiro atoms. The fourth-order valence-corrected chi connectivity index (χ4v) is 0.731. The molecular formula is C7H10OS2. The third-order valence-corrected chi connectivity index (χ3v) is 1.37. The smallest absolute Gasteiger partial charge is 0.118 e. The van der Waals surface area contributed by atoms with Gasteiger partial charge in [0, 0.05) is 4.90 Å². The number of methoxy groups -OCH3 is 1. The van der Waals surface area contributed by atoms with E-state index >= 15 is 0 Å². The van der Waals surface area contributed by atoms with E-state index in [9.17, 15) is 0 Å². The van der Waals surface area contributed by atoms with Crippen molar-refractivity contribution in [2.45, 2.75) is 4.90 Å². The first-order valence-electron chi connectivity index (χ1n) is 2.66. The first-order chi connectivity index (χ1) is 4.33. The third kappa shape index (κ3) is 2.54. The molecule has 0 N–H and O–H groups in total. The van der Waals surface area contributed by atoms with Crippen LogP contribution in [0.25, 0.3) is 0 Å². The summed E-state index contributed by atoms with van der Waals surface area (Å²) in [6, 6.07) is 7.54. The van der Waals surface area contributed by atoms with Gasteiger partial charge in [-0.2, -0.15) is 13.5 Å². The lowest BCUT2D eigenvalue weighted by Gasteiger charge is -1.96. The summed E-state index contributed by atoms with van der Waals surface area (Å²) in [6.45, 7) is 0. The number of thiol groups is 1. The molecule has 0 radical (unpaired) electrons. The summed E-state index contributed by atoms with van der Waals surface area (Å²) in [5.41, 5.74) is 0. The summed E-state index contributed by atoms with van der Waals surface area (Å²) in [7, 11) is 1.65. The Morgan fingerprint density at radius 2 is 1.70 bits per heavy atom. The lowest BCUT2D eigenvalue weighted by molar-refractivity contribution is 0.414. The van der Waals surface area contributed by atoms with E-state index in [1.807, 2.05) is 24.3 Å². The molecule has 0 bridgehead atoms. The maximum atomic E-state index is 4.94. The lowest BCUT2D eigenvalue weighted by Crippen LogP contribution is -1.79. The predicted octanol–water partition coefficient (Wildman–Crippen LogP) is 2.10. The van der Waals surface area contributed by atoms with Crippen LogP contribution in [-0.4, -0.2) is 7.11 Å². The maximum absolute atomic E-state index is 4.94. The van der Waals surface area contributed by atoms with Crippen LogP contribution >= 0.6 is 26.1 Å². The molecule has 3 heteroatoms. The second-order valence-corrected chi connectivity index (χ2v) is 2.21. The Hall–Kier alpha value is -0.280. The molecule has 0 fully saturated rings. The van der Waals surface area contributed by atoms with E-state index in [-0.39, 0.29) is 13.5 Å². The minimum Gasteiger partial charge on any atom is -0.497 e. The van der Waals surface area contributed by atoms with Crippen LogP contribution in [0.3, 0.4) is 0 Å². The van der Waals surface area contributed by atoms with Gasteiger partial charge in [0.15, 0.2) is 0 Å². The van der Waals surface area contributed by atoms with Gasteiger partial charge in [0.1, 0.15) is 5.75 Å². The molecule has 0 aliphatic carbocycles. The van der Waals surface area contributed by atoms with Gasteiger partial charge in [-0.15, -0.1) is 12.6 Å².